The Bertz CT molecular complexity index is 409. The smallest absolute Gasteiger partial charge is 0.133 e. The zero-order chi connectivity index (χ0) is 9.26. The van der Waals surface area contributed by atoms with Gasteiger partial charge in [-0.05, 0) is 29.6 Å². The fraction of sp³-hybridized carbons (Fsp3) is 0. The second-order valence-corrected chi connectivity index (χ2v) is 3.66. The highest BCUT2D eigenvalue weighted by atomic mass is 32.1. The Balaban J connectivity index is 2.53. The SMILES string of the molecule is Nc1ccc(-c2cccs2)c(F)c1. The van der Waals surface area contributed by atoms with E-state index in [0.29, 0.717) is 11.3 Å². The molecule has 1 nitrogen and oxygen atoms in total. The Labute approximate surface area is 79.6 Å². The first kappa shape index (κ1) is 8.26. The molecule has 2 aromatic rings. The van der Waals surface area contributed by atoms with Crippen LogP contribution in [0.3, 0.4) is 0 Å². The summed E-state index contributed by atoms with van der Waals surface area (Å²) in [6.07, 6.45) is 0. The predicted octanol–water partition coefficient (Wildman–Crippen LogP) is 3.14. The molecule has 0 aliphatic rings. The van der Waals surface area contributed by atoms with Crippen molar-refractivity contribution in [1.82, 2.24) is 0 Å². The van der Waals surface area contributed by atoms with Crippen molar-refractivity contribution in [2.75, 3.05) is 5.73 Å². The van der Waals surface area contributed by atoms with E-state index in [1.165, 1.54) is 17.4 Å². The number of hydrogen-bond acceptors (Lipinski definition) is 2. The molecule has 0 aliphatic carbocycles. The van der Waals surface area contributed by atoms with Crippen molar-refractivity contribution >= 4 is 17.0 Å². The molecule has 1 aromatic heterocycles. The molecule has 2 N–H and O–H groups in total. The summed E-state index contributed by atoms with van der Waals surface area (Å²) < 4.78 is 13.3. The minimum atomic E-state index is -0.262. The van der Waals surface area contributed by atoms with Gasteiger partial charge in [0, 0.05) is 16.1 Å². The number of rotatable bonds is 1. The molecule has 0 saturated heterocycles. The first-order valence-corrected chi connectivity index (χ1v) is 4.74. The molecule has 1 heterocycles. The van der Waals surface area contributed by atoms with Gasteiger partial charge in [-0.2, -0.15) is 0 Å². The maximum Gasteiger partial charge on any atom is 0.133 e. The Kier molecular flexibility index (Phi) is 2.02. The maximum atomic E-state index is 13.3. The lowest BCUT2D eigenvalue weighted by Gasteiger charge is -2.00. The van der Waals surface area contributed by atoms with E-state index < -0.39 is 0 Å². The second kappa shape index (κ2) is 3.18. The standard InChI is InChI=1S/C10H8FNS/c11-9-6-7(12)3-4-8(9)10-2-1-5-13-10/h1-6H,12H2. The van der Waals surface area contributed by atoms with Crippen LogP contribution in [0.5, 0.6) is 0 Å². The highest BCUT2D eigenvalue weighted by Gasteiger charge is 2.05. The summed E-state index contributed by atoms with van der Waals surface area (Å²) >= 11 is 1.52. The average molecular weight is 193 g/mol. The van der Waals surface area contributed by atoms with E-state index in [9.17, 15) is 4.39 Å². The number of nitrogen functional groups attached to an aromatic ring is 1. The highest BCUT2D eigenvalue weighted by molar-refractivity contribution is 7.13. The zero-order valence-electron chi connectivity index (χ0n) is 6.83. The molecule has 0 aliphatic heterocycles. The van der Waals surface area contributed by atoms with Gasteiger partial charge in [0.1, 0.15) is 5.82 Å². The van der Waals surface area contributed by atoms with Gasteiger partial charge >= 0.3 is 0 Å². The third-order valence-corrected chi connectivity index (χ3v) is 2.68. The fourth-order valence-corrected chi connectivity index (χ4v) is 1.92. The minimum Gasteiger partial charge on any atom is -0.399 e. The molecule has 1 aromatic carbocycles. The molecule has 0 atom stereocenters. The van der Waals surface area contributed by atoms with Crippen molar-refractivity contribution in [2.24, 2.45) is 0 Å². The number of thiophene rings is 1. The lowest BCUT2D eigenvalue weighted by Crippen LogP contribution is -1.87. The lowest BCUT2D eigenvalue weighted by molar-refractivity contribution is 0.632. The molecule has 0 amide bonds. The van der Waals surface area contributed by atoms with Gasteiger partial charge < -0.3 is 5.73 Å². The van der Waals surface area contributed by atoms with Gasteiger partial charge in [-0.15, -0.1) is 11.3 Å². The van der Waals surface area contributed by atoms with Crippen LogP contribution in [0.1, 0.15) is 0 Å². The van der Waals surface area contributed by atoms with E-state index in [1.54, 1.807) is 12.1 Å². The normalized spacial score (nSPS) is 10.2. The zero-order valence-corrected chi connectivity index (χ0v) is 7.64. The van der Waals surface area contributed by atoms with Crippen LogP contribution in [0.15, 0.2) is 35.7 Å². The molecule has 66 valence electrons. The summed E-state index contributed by atoms with van der Waals surface area (Å²) in [5.74, 6) is -0.262. The number of nitrogens with two attached hydrogens (primary N) is 1. The third-order valence-electron chi connectivity index (χ3n) is 1.78. The quantitative estimate of drug-likeness (QED) is 0.692. The van der Waals surface area contributed by atoms with E-state index in [4.69, 9.17) is 5.73 Å². The largest absolute Gasteiger partial charge is 0.399 e. The molecule has 0 unspecified atom stereocenters. The van der Waals surface area contributed by atoms with Crippen molar-refractivity contribution in [3.05, 3.63) is 41.5 Å². The van der Waals surface area contributed by atoms with Gasteiger partial charge in [0.05, 0.1) is 0 Å². The molecular weight excluding hydrogens is 185 g/mol. The molecule has 13 heavy (non-hydrogen) atoms. The summed E-state index contributed by atoms with van der Waals surface area (Å²) in [5.41, 5.74) is 6.52. The van der Waals surface area contributed by atoms with Gasteiger partial charge in [0.15, 0.2) is 0 Å². The first-order valence-electron chi connectivity index (χ1n) is 3.86. The average Bonchev–Trinajstić information content (AvgIpc) is 2.56. The lowest BCUT2D eigenvalue weighted by atomic mass is 10.1. The van der Waals surface area contributed by atoms with Gasteiger partial charge in [-0.1, -0.05) is 6.07 Å². The molecule has 0 spiro atoms. The minimum absolute atomic E-state index is 0.262. The van der Waals surface area contributed by atoms with Crippen molar-refractivity contribution in [3.8, 4) is 10.4 Å². The Morgan fingerprint density at radius 3 is 2.69 bits per heavy atom. The number of anilines is 1. The van der Waals surface area contributed by atoms with Crippen molar-refractivity contribution in [3.63, 3.8) is 0 Å². The van der Waals surface area contributed by atoms with E-state index in [0.717, 1.165) is 4.88 Å². The summed E-state index contributed by atoms with van der Waals surface area (Å²) in [7, 11) is 0. The van der Waals surface area contributed by atoms with E-state index >= 15 is 0 Å². The maximum absolute atomic E-state index is 13.3. The third kappa shape index (κ3) is 1.55. The van der Waals surface area contributed by atoms with E-state index in [1.807, 2.05) is 17.5 Å². The fourth-order valence-electron chi connectivity index (χ4n) is 1.16. The molecule has 0 bridgehead atoms. The Morgan fingerprint density at radius 1 is 1.23 bits per heavy atom. The Hall–Kier alpha value is -1.35. The molecule has 0 saturated carbocycles. The van der Waals surface area contributed by atoms with Crippen LogP contribution in [0.4, 0.5) is 10.1 Å². The second-order valence-electron chi connectivity index (χ2n) is 2.72. The van der Waals surface area contributed by atoms with Gasteiger partial charge in [-0.3, -0.25) is 0 Å². The molecule has 0 radical (unpaired) electrons. The van der Waals surface area contributed by atoms with Crippen molar-refractivity contribution in [2.45, 2.75) is 0 Å². The van der Waals surface area contributed by atoms with Crippen LogP contribution in [0.2, 0.25) is 0 Å². The monoisotopic (exact) mass is 193 g/mol. The molecule has 0 fully saturated rings. The van der Waals surface area contributed by atoms with Crippen LogP contribution < -0.4 is 5.73 Å². The van der Waals surface area contributed by atoms with Crippen LogP contribution in [-0.4, -0.2) is 0 Å². The van der Waals surface area contributed by atoms with Crippen LogP contribution in [0, 0.1) is 5.82 Å². The number of halogens is 1. The summed E-state index contributed by atoms with van der Waals surface area (Å²) in [4.78, 5) is 0.928. The van der Waals surface area contributed by atoms with E-state index in [2.05, 4.69) is 0 Å². The molecule has 3 heteroatoms. The summed E-state index contributed by atoms with van der Waals surface area (Å²) in [6.45, 7) is 0. The van der Waals surface area contributed by atoms with Gasteiger partial charge in [0.25, 0.3) is 0 Å². The van der Waals surface area contributed by atoms with Crippen LogP contribution >= 0.6 is 11.3 Å². The van der Waals surface area contributed by atoms with Crippen molar-refractivity contribution in [1.29, 1.82) is 0 Å². The Morgan fingerprint density at radius 2 is 2.08 bits per heavy atom. The summed E-state index contributed by atoms with van der Waals surface area (Å²) in [6, 6.07) is 8.54. The predicted molar refractivity (Wildman–Crippen MR) is 54.1 cm³/mol. The summed E-state index contributed by atoms with van der Waals surface area (Å²) in [5, 5.41) is 1.92. The molecular formula is C10H8FNS. The van der Waals surface area contributed by atoms with Gasteiger partial charge in [0.2, 0.25) is 0 Å². The number of hydrogen-bond donors (Lipinski definition) is 1. The number of benzene rings is 1. The van der Waals surface area contributed by atoms with Crippen molar-refractivity contribution < 1.29 is 4.39 Å². The molecule has 2 rings (SSSR count). The highest BCUT2D eigenvalue weighted by Crippen LogP contribution is 2.27. The topological polar surface area (TPSA) is 26.0 Å². The first-order chi connectivity index (χ1) is 6.27. The van der Waals surface area contributed by atoms with Gasteiger partial charge in [-0.25, -0.2) is 4.39 Å². The van der Waals surface area contributed by atoms with Crippen LogP contribution in [-0.2, 0) is 0 Å². The van der Waals surface area contributed by atoms with E-state index in [-0.39, 0.29) is 5.82 Å². The van der Waals surface area contributed by atoms with Crippen LogP contribution in [0.25, 0.3) is 10.4 Å².